The molecule has 1 aliphatic rings. The molecule has 9 heteroatoms. The van der Waals surface area contributed by atoms with Gasteiger partial charge in [0.2, 0.25) is 10.0 Å². The molecule has 1 aliphatic heterocycles. The van der Waals surface area contributed by atoms with Crippen LogP contribution in [-0.2, 0) is 22.7 Å². The van der Waals surface area contributed by atoms with Crippen LogP contribution in [0.25, 0.3) is 0 Å². The number of piperidine rings is 1. The molecule has 0 bridgehead atoms. The van der Waals surface area contributed by atoms with Gasteiger partial charge in [-0.05, 0) is 37.0 Å². The van der Waals surface area contributed by atoms with E-state index in [1.54, 1.807) is 12.5 Å². The second-order valence-corrected chi connectivity index (χ2v) is 8.07. The number of halogens is 3. The summed E-state index contributed by atoms with van der Waals surface area (Å²) in [6.07, 6.45) is 2.01. The van der Waals surface area contributed by atoms with Crippen molar-refractivity contribution in [3.63, 3.8) is 0 Å². The first-order valence-electron chi connectivity index (χ1n) is 7.90. The van der Waals surface area contributed by atoms with Gasteiger partial charge in [0.05, 0.1) is 16.8 Å². The van der Waals surface area contributed by atoms with Crippen LogP contribution in [0.3, 0.4) is 0 Å². The Morgan fingerprint density at radius 1 is 1.20 bits per heavy atom. The van der Waals surface area contributed by atoms with Gasteiger partial charge in [0.25, 0.3) is 0 Å². The van der Waals surface area contributed by atoms with Crippen molar-refractivity contribution in [3.8, 4) is 0 Å². The van der Waals surface area contributed by atoms with Crippen molar-refractivity contribution in [1.29, 1.82) is 0 Å². The highest BCUT2D eigenvalue weighted by Crippen LogP contribution is 2.32. The molecule has 0 unspecified atom stereocenters. The molecule has 136 valence electrons. The monoisotopic (exact) mass is 373 g/mol. The standard InChI is InChI=1S/C16H18F3N3O2S/c17-16(18,19)14-2-1-3-15(10-14)25(23,24)22-7-4-13(5-8-22)11-21-9-6-20-12-21/h1-3,6,9-10,12-13H,4-5,7-8,11H2. The van der Waals surface area contributed by atoms with E-state index in [1.165, 1.54) is 10.4 Å². The SMILES string of the molecule is O=S(=O)(c1cccc(C(F)(F)F)c1)N1CCC(Cn2ccnc2)CC1. The number of imidazole rings is 1. The van der Waals surface area contributed by atoms with Gasteiger partial charge in [0, 0.05) is 32.0 Å². The Hall–Kier alpha value is -1.87. The van der Waals surface area contributed by atoms with Crippen molar-refractivity contribution < 1.29 is 21.6 Å². The molecular formula is C16H18F3N3O2S. The number of aromatic nitrogens is 2. The molecule has 1 aromatic carbocycles. The Labute approximate surface area is 144 Å². The van der Waals surface area contributed by atoms with Crippen molar-refractivity contribution in [1.82, 2.24) is 13.9 Å². The predicted octanol–water partition coefficient (Wildman–Crippen LogP) is 3.00. The highest BCUT2D eigenvalue weighted by atomic mass is 32.2. The summed E-state index contributed by atoms with van der Waals surface area (Å²) in [6, 6.07) is 3.91. The number of benzene rings is 1. The quantitative estimate of drug-likeness (QED) is 0.828. The summed E-state index contributed by atoms with van der Waals surface area (Å²) in [4.78, 5) is 3.66. The van der Waals surface area contributed by atoms with Crippen molar-refractivity contribution in [3.05, 3.63) is 48.5 Å². The number of sulfonamides is 1. The lowest BCUT2D eigenvalue weighted by Crippen LogP contribution is -2.39. The summed E-state index contributed by atoms with van der Waals surface area (Å²) in [5.74, 6) is 0.321. The van der Waals surface area contributed by atoms with Crippen molar-refractivity contribution >= 4 is 10.0 Å². The molecule has 0 atom stereocenters. The van der Waals surface area contributed by atoms with Crippen molar-refractivity contribution in [2.24, 2.45) is 5.92 Å². The molecule has 1 fully saturated rings. The van der Waals surface area contributed by atoms with Crippen LogP contribution in [0.5, 0.6) is 0 Å². The average Bonchev–Trinajstić information content (AvgIpc) is 3.08. The Bertz CT molecular complexity index is 811. The second kappa shape index (κ2) is 6.80. The lowest BCUT2D eigenvalue weighted by atomic mass is 9.98. The van der Waals surface area contributed by atoms with Crippen LogP contribution in [0, 0.1) is 5.92 Å². The van der Waals surface area contributed by atoms with E-state index >= 15 is 0 Å². The van der Waals surface area contributed by atoms with Crippen molar-refractivity contribution in [2.45, 2.75) is 30.5 Å². The first kappa shape index (κ1) is 17.9. The molecule has 2 heterocycles. The summed E-state index contributed by atoms with van der Waals surface area (Å²) in [7, 11) is -3.92. The summed E-state index contributed by atoms with van der Waals surface area (Å²) in [5, 5.41) is 0. The highest BCUT2D eigenvalue weighted by Gasteiger charge is 2.34. The van der Waals surface area contributed by atoms with Gasteiger partial charge in [-0.15, -0.1) is 0 Å². The van der Waals surface area contributed by atoms with Crippen molar-refractivity contribution in [2.75, 3.05) is 13.1 Å². The van der Waals surface area contributed by atoms with Crippen LogP contribution in [0.4, 0.5) is 13.2 Å². The third-order valence-electron chi connectivity index (χ3n) is 4.40. The van der Waals surface area contributed by atoms with Gasteiger partial charge >= 0.3 is 6.18 Å². The van der Waals surface area contributed by atoms with E-state index in [0.29, 0.717) is 37.9 Å². The number of alkyl halides is 3. The van der Waals surface area contributed by atoms with Gasteiger partial charge in [-0.1, -0.05) is 6.07 Å². The lowest BCUT2D eigenvalue weighted by Gasteiger charge is -2.31. The normalized spacial score (nSPS) is 17.7. The molecule has 3 rings (SSSR count). The third kappa shape index (κ3) is 4.04. The fourth-order valence-electron chi connectivity index (χ4n) is 3.01. The van der Waals surface area contributed by atoms with E-state index in [-0.39, 0.29) is 4.90 Å². The molecule has 2 aromatic rings. The van der Waals surface area contributed by atoms with E-state index in [2.05, 4.69) is 4.98 Å². The maximum atomic E-state index is 12.8. The van der Waals surface area contributed by atoms with Gasteiger partial charge in [-0.25, -0.2) is 13.4 Å². The van der Waals surface area contributed by atoms with Crippen LogP contribution in [0.15, 0.2) is 47.9 Å². The van der Waals surface area contributed by atoms with E-state index < -0.39 is 21.8 Å². The predicted molar refractivity (Wildman–Crippen MR) is 85.2 cm³/mol. The minimum atomic E-state index is -4.57. The molecule has 0 radical (unpaired) electrons. The lowest BCUT2D eigenvalue weighted by molar-refractivity contribution is -0.137. The largest absolute Gasteiger partial charge is 0.416 e. The highest BCUT2D eigenvalue weighted by molar-refractivity contribution is 7.89. The fraction of sp³-hybridized carbons (Fsp3) is 0.438. The Morgan fingerprint density at radius 2 is 1.92 bits per heavy atom. The van der Waals surface area contributed by atoms with Crippen LogP contribution in [-0.4, -0.2) is 35.4 Å². The third-order valence-corrected chi connectivity index (χ3v) is 6.30. The number of rotatable bonds is 4. The summed E-state index contributed by atoms with van der Waals surface area (Å²) >= 11 is 0. The summed E-state index contributed by atoms with van der Waals surface area (Å²) < 4.78 is 66.9. The number of hydrogen-bond acceptors (Lipinski definition) is 3. The molecule has 25 heavy (non-hydrogen) atoms. The number of nitrogens with zero attached hydrogens (tertiary/aromatic N) is 3. The van der Waals surface area contributed by atoms with Crippen LogP contribution in [0.1, 0.15) is 18.4 Å². The zero-order valence-electron chi connectivity index (χ0n) is 13.4. The first-order valence-corrected chi connectivity index (χ1v) is 9.34. The minimum Gasteiger partial charge on any atom is -0.337 e. The van der Waals surface area contributed by atoms with Gasteiger partial charge in [0.1, 0.15) is 0 Å². The molecule has 0 spiro atoms. The average molecular weight is 373 g/mol. The summed E-state index contributed by atoms with van der Waals surface area (Å²) in [5.41, 5.74) is -0.955. The van der Waals surface area contributed by atoms with Gasteiger partial charge in [-0.2, -0.15) is 17.5 Å². The van der Waals surface area contributed by atoms with E-state index in [4.69, 9.17) is 0 Å². The topological polar surface area (TPSA) is 55.2 Å². The van der Waals surface area contributed by atoms with Gasteiger partial charge in [0.15, 0.2) is 0 Å². The molecule has 1 aromatic heterocycles. The van der Waals surface area contributed by atoms with Crippen LogP contribution < -0.4 is 0 Å². The van der Waals surface area contributed by atoms with Crippen LogP contribution >= 0.6 is 0 Å². The maximum absolute atomic E-state index is 12.8. The molecule has 0 aliphatic carbocycles. The second-order valence-electron chi connectivity index (χ2n) is 6.13. The smallest absolute Gasteiger partial charge is 0.337 e. The Balaban J connectivity index is 1.70. The zero-order chi connectivity index (χ0) is 18.1. The van der Waals surface area contributed by atoms with E-state index in [0.717, 1.165) is 18.7 Å². The van der Waals surface area contributed by atoms with E-state index in [9.17, 15) is 21.6 Å². The Morgan fingerprint density at radius 3 is 2.52 bits per heavy atom. The fourth-order valence-corrected chi connectivity index (χ4v) is 4.52. The Kier molecular flexibility index (Phi) is 4.88. The van der Waals surface area contributed by atoms with Gasteiger partial charge in [-0.3, -0.25) is 0 Å². The summed E-state index contributed by atoms with van der Waals surface area (Å²) in [6.45, 7) is 1.37. The molecule has 0 saturated carbocycles. The number of hydrogen-bond donors (Lipinski definition) is 0. The zero-order valence-corrected chi connectivity index (χ0v) is 14.2. The maximum Gasteiger partial charge on any atom is 0.416 e. The molecular weight excluding hydrogens is 355 g/mol. The molecule has 0 N–H and O–H groups in total. The minimum absolute atomic E-state index is 0.304. The molecule has 1 saturated heterocycles. The molecule has 5 nitrogen and oxygen atoms in total. The van der Waals surface area contributed by atoms with Crippen LogP contribution in [0.2, 0.25) is 0 Å². The molecule has 0 amide bonds. The van der Waals surface area contributed by atoms with Gasteiger partial charge < -0.3 is 4.57 Å². The first-order chi connectivity index (χ1) is 11.8. The van der Waals surface area contributed by atoms with E-state index in [1.807, 2.05) is 10.8 Å².